The summed E-state index contributed by atoms with van der Waals surface area (Å²) in [5, 5.41) is 13.9. The molecule has 1 aliphatic heterocycles. The Morgan fingerprint density at radius 1 is 0.950 bits per heavy atom. The van der Waals surface area contributed by atoms with Crippen molar-refractivity contribution < 1.29 is 4.74 Å². The minimum Gasteiger partial charge on any atom is -0.495 e. The molecule has 3 aromatic carbocycles. The van der Waals surface area contributed by atoms with E-state index in [1.54, 1.807) is 7.11 Å². The van der Waals surface area contributed by atoms with Gasteiger partial charge in [0.05, 0.1) is 24.9 Å². The average Bonchev–Trinajstić information content (AvgIpc) is 3.44. The molecule has 1 N–H and O–H groups in total. The minimum atomic E-state index is -0.409. The number of aromatic nitrogens is 5. The van der Waals surface area contributed by atoms with Gasteiger partial charge >= 0.3 is 0 Å². The largest absolute Gasteiger partial charge is 0.495 e. The van der Waals surface area contributed by atoms with E-state index in [1.807, 2.05) is 54.1 Å². The summed E-state index contributed by atoms with van der Waals surface area (Å²) in [4.78, 5) is 21.6. The number of aromatic amines is 1. The van der Waals surface area contributed by atoms with E-state index in [-0.39, 0.29) is 5.56 Å². The zero-order valence-electron chi connectivity index (χ0n) is 23.0. The molecule has 2 aromatic heterocycles. The second-order valence-electron chi connectivity index (χ2n) is 10.3. The molecular formula is C31H33N7O2. The molecule has 9 heteroatoms. The fourth-order valence-corrected chi connectivity index (χ4v) is 5.63. The molecule has 0 radical (unpaired) electrons. The number of aryl methyl sites for hydroxylation is 2. The van der Waals surface area contributed by atoms with Gasteiger partial charge in [0.1, 0.15) is 11.8 Å². The van der Waals surface area contributed by atoms with Crippen LogP contribution in [0.15, 0.2) is 77.6 Å². The van der Waals surface area contributed by atoms with Crippen molar-refractivity contribution in [2.75, 3.05) is 38.2 Å². The maximum Gasteiger partial charge on any atom is 0.253 e. The number of para-hydroxylation sites is 2. The van der Waals surface area contributed by atoms with E-state index >= 15 is 0 Å². The number of tetrazole rings is 1. The lowest BCUT2D eigenvalue weighted by molar-refractivity contribution is 0.200. The van der Waals surface area contributed by atoms with Gasteiger partial charge in [0.25, 0.3) is 5.56 Å². The normalized spacial score (nSPS) is 14.9. The number of nitrogens with one attached hydrogen (secondary N) is 1. The zero-order valence-corrected chi connectivity index (χ0v) is 23.0. The summed E-state index contributed by atoms with van der Waals surface area (Å²) >= 11 is 0. The Morgan fingerprint density at radius 3 is 2.48 bits per heavy atom. The van der Waals surface area contributed by atoms with E-state index < -0.39 is 6.04 Å². The molecule has 1 fully saturated rings. The van der Waals surface area contributed by atoms with Crippen LogP contribution >= 0.6 is 0 Å². The lowest BCUT2D eigenvalue weighted by Crippen LogP contribution is -2.49. The predicted molar refractivity (Wildman–Crippen MR) is 156 cm³/mol. The lowest BCUT2D eigenvalue weighted by Gasteiger charge is -2.40. The molecule has 9 nitrogen and oxygen atoms in total. The highest BCUT2D eigenvalue weighted by molar-refractivity contribution is 5.83. The molecule has 1 aliphatic rings. The third kappa shape index (κ3) is 4.84. The highest BCUT2D eigenvalue weighted by Gasteiger charge is 2.33. The average molecular weight is 536 g/mol. The van der Waals surface area contributed by atoms with Crippen LogP contribution in [0.1, 0.15) is 34.1 Å². The van der Waals surface area contributed by atoms with Crippen molar-refractivity contribution in [3.05, 3.63) is 111 Å². The Balaban J connectivity index is 1.40. The number of anilines is 1. The van der Waals surface area contributed by atoms with Crippen molar-refractivity contribution in [3.63, 3.8) is 0 Å². The third-order valence-electron chi connectivity index (χ3n) is 7.96. The molecule has 0 aliphatic carbocycles. The summed E-state index contributed by atoms with van der Waals surface area (Å²) in [6.07, 6.45) is 0. The number of piperazine rings is 1. The van der Waals surface area contributed by atoms with Crippen LogP contribution in [0, 0.1) is 13.8 Å². The number of rotatable bonds is 7. The second-order valence-corrected chi connectivity index (χ2v) is 10.3. The van der Waals surface area contributed by atoms with Gasteiger partial charge in [-0.15, -0.1) is 5.10 Å². The minimum absolute atomic E-state index is 0.118. The number of nitrogens with zero attached hydrogens (tertiary/aromatic N) is 6. The molecule has 40 heavy (non-hydrogen) atoms. The fraction of sp³-hybridized carbons (Fsp3) is 0.290. The van der Waals surface area contributed by atoms with E-state index in [4.69, 9.17) is 4.74 Å². The topological polar surface area (TPSA) is 92.2 Å². The molecule has 0 amide bonds. The first-order valence-corrected chi connectivity index (χ1v) is 13.6. The van der Waals surface area contributed by atoms with Crippen LogP contribution in [0.4, 0.5) is 5.69 Å². The lowest BCUT2D eigenvalue weighted by atomic mass is 9.99. The first kappa shape index (κ1) is 25.8. The van der Waals surface area contributed by atoms with Crippen LogP contribution in [-0.2, 0) is 6.54 Å². The smallest absolute Gasteiger partial charge is 0.253 e. The molecular weight excluding hydrogens is 502 g/mol. The third-order valence-corrected chi connectivity index (χ3v) is 7.96. The van der Waals surface area contributed by atoms with Crippen LogP contribution in [0.25, 0.3) is 10.9 Å². The Labute approximate surface area is 233 Å². The van der Waals surface area contributed by atoms with Gasteiger partial charge in [-0.1, -0.05) is 54.6 Å². The number of hydrogen-bond acceptors (Lipinski definition) is 7. The maximum absolute atomic E-state index is 13.7. The molecule has 1 atom stereocenters. The number of hydrogen-bond donors (Lipinski definition) is 1. The number of methoxy groups -OCH3 is 1. The van der Waals surface area contributed by atoms with Crippen molar-refractivity contribution in [1.29, 1.82) is 0 Å². The van der Waals surface area contributed by atoms with Crippen molar-refractivity contribution in [2.45, 2.75) is 26.4 Å². The Hall–Kier alpha value is -4.50. The summed E-state index contributed by atoms with van der Waals surface area (Å²) in [5.41, 5.74) is 5.79. The van der Waals surface area contributed by atoms with Gasteiger partial charge in [-0.25, -0.2) is 4.68 Å². The Morgan fingerprint density at radius 2 is 1.70 bits per heavy atom. The molecule has 0 unspecified atom stereocenters. The SMILES string of the molecule is COc1ccccc1N1CCN([C@H](c2cc3ccc(C)c(C)c3[nH]c2=O)c2nnnn2Cc2ccccc2)CC1. The zero-order chi connectivity index (χ0) is 27.6. The molecule has 6 rings (SSSR count). The molecule has 0 saturated carbocycles. The molecule has 0 spiro atoms. The highest BCUT2D eigenvalue weighted by atomic mass is 16.5. The van der Waals surface area contributed by atoms with Crippen LogP contribution in [0.2, 0.25) is 0 Å². The number of ether oxygens (including phenoxy) is 1. The first-order valence-electron chi connectivity index (χ1n) is 13.6. The molecule has 0 bridgehead atoms. The quantitative estimate of drug-likeness (QED) is 0.336. The second kappa shape index (κ2) is 10.9. The van der Waals surface area contributed by atoms with Crippen molar-refractivity contribution in [2.24, 2.45) is 0 Å². The summed E-state index contributed by atoms with van der Waals surface area (Å²) < 4.78 is 7.43. The summed E-state index contributed by atoms with van der Waals surface area (Å²) in [7, 11) is 1.70. The van der Waals surface area contributed by atoms with Crippen LogP contribution in [0.5, 0.6) is 5.75 Å². The summed E-state index contributed by atoms with van der Waals surface area (Å²) in [6.45, 7) is 7.63. The van der Waals surface area contributed by atoms with Crippen molar-refractivity contribution >= 4 is 16.6 Å². The predicted octanol–water partition coefficient (Wildman–Crippen LogP) is 4.10. The monoisotopic (exact) mass is 535 g/mol. The van der Waals surface area contributed by atoms with Gasteiger partial charge in [0, 0.05) is 31.7 Å². The van der Waals surface area contributed by atoms with E-state index in [1.165, 1.54) is 0 Å². The van der Waals surface area contributed by atoms with Crippen LogP contribution in [-0.4, -0.2) is 63.4 Å². The molecule has 204 valence electrons. The van der Waals surface area contributed by atoms with Gasteiger partial charge < -0.3 is 14.6 Å². The maximum atomic E-state index is 13.7. The van der Waals surface area contributed by atoms with E-state index in [0.29, 0.717) is 17.9 Å². The molecule has 1 saturated heterocycles. The standard InChI is InChI=1S/C31H33N7O2/c1-21-13-14-24-19-25(31(39)32-28(24)22(21)2)29(30-33-34-35-38(30)20-23-9-5-4-6-10-23)37-17-15-36(16-18-37)26-11-7-8-12-27(26)40-3/h4-14,19,29H,15-18,20H2,1-3H3,(H,32,39)/t29-/m1/s1. The van der Waals surface area contributed by atoms with Crippen molar-refractivity contribution in [3.8, 4) is 5.75 Å². The Kier molecular flexibility index (Phi) is 7.04. The molecule has 5 aromatic rings. The van der Waals surface area contributed by atoms with E-state index in [2.05, 4.69) is 67.6 Å². The van der Waals surface area contributed by atoms with Gasteiger partial charge in [0.15, 0.2) is 5.82 Å². The van der Waals surface area contributed by atoms with E-state index in [9.17, 15) is 4.79 Å². The number of H-pyrrole nitrogens is 1. The highest BCUT2D eigenvalue weighted by Crippen LogP contribution is 2.32. The Bertz CT molecular complexity index is 1690. The van der Waals surface area contributed by atoms with E-state index in [0.717, 1.165) is 65.2 Å². The van der Waals surface area contributed by atoms with Gasteiger partial charge in [-0.05, 0) is 64.5 Å². The summed E-state index contributed by atoms with van der Waals surface area (Å²) in [5.74, 6) is 1.51. The van der Waals surface area contributed by atoms with Gasteiger partial charge in [0.2, 0.25) is 0 Å². The summed E-state index contributed by atoms with van der Waals surface area (Å²) in [6, 6.07) is 24.0. The van der Waals surface area contributed by atoms with Crippen LogP contribution in [0.3, 0.4) is 0 Å². The van der Waals surface area contributed by atoms with Crippen LogP contribution < -0.4 is 15.2 Å². The first-order chi connectivity index (χ1) is 19.5. The number of benzene rings is 3. The fourth-order valence-electron chi connectivity index (χ4n) is 5.63. The number of fused-ring (bicyclic) bond motifs is 1. The molecule has 3 heterocycles. The van der Waals surface area contributed by atoms with Crippen molar-refractivity contribution in [1.82, 2.24) is 30.1 Å². The number of pyridine rings is 1. The van der Waals surface area contributed by atoms with Gasteiger partial charge in [-0.3, -0.25) is 9.69 Å². The van der Waals surface area contributed by atoms with Gasteiger partial charge in [-0.2, -0.15) is 0 Å².